The van der Waals surface area contributed by atoms with E-state index in [1.807, 2.05) is 34.9 Å². The number of nitrogens with two attached hydrogens (primary N) is 1. The fourth-order valence-corrected chi connectivity index (χ4v) is 5.88. The second kappa shape index (κ2) is 14.2. The molecule has 0 unspecified atom stereocenters. The van der Waals surface area contributed by atoms with Crippen LogP contribution in [0.4, 0.5) is 5.82 Å². The highest BCUT2D eigenvalue weighted by atomic mass is 32.1. The number of nitrogen functional groups attached to an aromatic ring is 1. The molecule has 234 valence electrons. The molecule has 1 saturated carbocycles. The number of hydrogen-bond donors (Lipinski definition) is 1. The highest BCUT2D eigenvalue weighted by molar-refractivity contribution is 7.79. The zero-order valence-corrected chi connectivity index (χ0v) is 25.5. The Balaban J connectivity index is 1.28. The van der Waals surface area contributed by atoms with Gasteiger partial charge in [-0.3, -0.25) is 0 Å². The number of ether oxygens (including phenoxy) is 4. The van der Waals surface area contributed by atoms with Crippen molar-refractivity contribution < 1.29 is 28.5 Å². The molecule has 1 aliphatic rings. The van der Waals surface area contributed by atoms with Crippen molar-refractivity contribution in [3.63, 3.8) is 0 Å². The lowest BCUT2D eigenvalue weighted by atomic mass is 9.75. The summed E-state index contributed by atoms with van der Waals surface area (Å²) in [6.07, 6.45) is 3.30. The number of nitrogens with zero attached hydrogens (tertiary/aromatic N) is 4. The highest BCUT2D eigenvalue weighted by Gasteiger charge is 2.42. The number of rotatable bonds is 9. The Morgan fingerprint density at radius 2 is 1.35 bits per heavy atom. The van der Waals surface area contributed by atoms with Gasteiger partial charge in [0, 0.05) is 24.1 Å². The Labute approximate surface area is 270 Å². The van der Waals surface area contributed by atoms with Crippen molar-refractivity contribution in [2.45, 2.75) is 25.0 Å². The van der Waals surface area contributed by atoms with Crippen molar-refractivity contribution in [3.8, 4) is 5.75 Å². The summed E-state index contributed by atoms with van der Waals surface area (Å²) in [7, 11) is 0. The Morgan fingerprint density at radius 1 is 0.783 bits per heavy atom. The van der Waals surface area contributed by atoms with Gasteiger partial charge in [-0.05, 0) is 49.2 Å². The topological polar surface area (TPSA) is 141 Å². The standard InChI is InChI=1S/C34H31N5O6S/c35-30-29-31(37-20-36-30)39(21-38-29)27-16-24(18-42-32(40)22-10-4-1-5-11-22)25(19-43-33(41)23-12-6-2-7-13-23)17-28(27)45-34(46)44-26-14-8-3-9-15-26/h1-15,20-21,24-25,27-28H,16-19H2,(H2,35,36,37)/t24-,25-,27-,28-/m1/s1. The molecule has 3 aromatic carbocycles. The first-order chi connectivity index (χ1) is 22.5. The number of thiocarbonyl (C=S) groups is 1. The molecule has 0 bridgehead atoms. The molecule has 2 aromatic heterocycles. The Kier molecular flexibility index (Phi) is 9.44. The molecule has 1 aliphatic carbocycles. The van der Waals surface area contributed by atoms with E-state index in [2.05, 4.69) is 15.0 Å². The largest absolute Gasteiger partial charge is 0.462 e. The van der Waals surface area contributed by atoms with Crippen molar-refractivity contribution in [1.82, 2.24) is 19.5 Å². The van der Waals surface area contributed by atoms with Gasteiger partial charge in [0.05, 0.1) is 36.7 Å². The lowest BCUT2D eigenvalue weighted by Crippen LogP contribution is -2.43. The monoisotopic (exact) mass is 637 g/mol. The van der Waals surface area contributed by atoms with Crippen molar-refractivity contribution in [1.29, 1.82) is 0 Å². The Morgan fingerprint density at radius 3 is 1.96 bits per heavy atom. The van der Waals surface area contributed by atoms with E-state index in [1.54, 1.807) is 67.0 Å². The Bertz CT molecular complexity index is 1800. The molecule has 2 N–H and O–H groups in total. The summed E-state index contributed by atoms with van der Waals surface area (Å²) in [5, 5.41) is -0.0613. The average Bonchev–Trinajstić information content (AvgIpc) is 3.53. The fraction of sp³-hybridized carbons (Fsp3) is 0.235. The number of esters is 2. The number of anilines is 1. The Hall–Kier alpha value is -5.36. The summed E-state index contributed by atoms with van der Waals surface area (Å²) >= 11 is 5.52. The van der Waals surface area contributed by atoms with Crippen molar-refractivity contribution in [2.75, 3.05) is 18.9 Å². The molecular formula is C34H31N5O6S. The minimum absolute atomic E-state index is 0.0613. The van der Waals surface area contributed by atoms with Crippen molar-refractivity contribution in [2.24, 2.45) is 11.8 Å². The van der Waals surface area contributed by atoms with Crippen LogP contribution in [0.1, 0.15) is 39.6 Å². The summed E-state index contributed by atoms with van der Waals surface area (Å²) in [4.78, 5) is 38.8. The molecular weight excluding hydrogens is 606 g/mol. The molecule has 12 heteroatoms. The highest BCUT2D eigenvalue weighted by Crippen LogP contribution is 2.41. The average molecular weight is 638 g/mol. The number of imidazole rings is 1. The maximum Gasteiger partial charge on any atom is 0.358 e. The number of benzene rings is 3. The van der Waals surface area contributed by atoms with E-state index in [9.17, 15) is 9.59 Å². The molecule has 1 fully saturated rings. The van der Waals surface area contributed by atoms with Crippen LogP contribution in [0.2, 0.25) is 0 Å². The van der Waals surface area contributed by atoms with E-state index in [1.165, 1.54) is 6.33 Å². The number of carbonyl (C=O) groups excluding carboxylic acids is 2. The quantitative estimate of drug-likeness (QED) is 0.163. The first-order valence-electron chi connectivity index (χ1n) is 14.8. The van der Waals surface area contributed by atoms with E-state index >= 15 is 0 Å². The smallest absolute Gasteiger partial charge is 0.358 e. The molecule has 11 nitrogen and oxygen atoms in total. The van der Waals surface area contributed by atoms with Gasteiger partial charge in [0.15, 0.2) is 11.5 Å². The van der Waals surface area contributed by atoms with Crippen molar-refractivity contribution >= 4 is 46.4 Å². The summed E-state index contributed by atoms with van der Waals surface area (Å²) in [5.41, 5.74) is 7.96. The molecule has 0 spiro atoms. The van der Waals surface area contributed by atoms with Gasteiger partial charge in [-0.25, -0.2) is 24.5 Å². The van der Waals surface area contributed by atoms with Crippen LogP contribution in [0.3, 0.4) is 0 Å². The molecule has 46 heavy (non-hydrogen) atoms. The number of hydrogen-bond acceptors (Lipinski definition) is 11. The third-order valence-electron chi connectivity index (χ3n) is 7.99. The van der Waals surface area contributed by atoms with Gasteiger partial charge >= 0.3 is 17.2 Å². The van der Waals surface area contributed by atoms with Crippen LogP contribution < -0.4 is 10.5 Å². The second-order valence-corrected chi connectivity index (χ2v) is 11.2. The summed E-state index contributed by atoms with van der Waals surface area (Å²) in [6.45, 7) is 0.152. The minimum Gasteiger partial charge on any atom is -0.462 e. The van der Waals surface area contributed by atoms with Crippen molar-refractivity contribution in [3.05, 3.63) is 115 Å². The SMILES string of the molecule is Nc1ncnc2c1ncn2[C@@H]1C[C@H](COC(=O)c2ccccc2)[C@@H](COC(=O)c2ccccc2)C[C@H]1OC(=S)Oc1ccccc1. The van der Waals surface area contributed by atoms with E-state index in [0.717, 1.165) is 0 Å². The third kappa shape index (κ3) is 7.13. The predicted octanol–water partition coefficient (Wildman–Crippen LogP) is 5.44. The molecule has 0 saturated heterocycles. The van der Waals surface area contributed by atoms with Gasteiger partial charge in [-0.15, -0.1) is 0 Å². The van der Waals surface area contributed by atoms with Gasteiger partial charge in [0.1, 0.15) is 23.7 Å². The molecule has 0 radical (unpaired) electrons. The maximum atomic E-state index is 12.9. The van der Waals surface area contributed by atoms with Crippen LogP contribution in [0.25, 0.3) is 11.2 Å². The van der Waals surface area contributed by atoms with Gasteiger partial charge < -0.3 is 29.2 Å². The zero-order chi connectivity index (χ0) is 31.9. The van der Waals surface area contributed by atoms with Gasteiger partial charge in [0.25, 0.3) is 0 Å². The number of aromatic nitrogens is 4. The first kappa shape index (κ1) is 30.7. The lowest BCUT2D eigenvalue weighted by Gasteiger charge is -2.41. The van der Waals surface area contributed by atoms with E-state index < -0.39 is 18.0 Å². The lowest BCUT2D eigenvalue weighted by molar-refractivity contribution is -0.0289. The van der Waals surface area contributed by atoms with Crippen LogP contribution in [-0.4, -0.2) is 56.0 Å². The molecule has 2 heterocycles. The van der Waals surface area contributed by atoms with E-state index in [4.69, 9.17) is 36.9 Å². The maximum absolute atomic E-state index is 12.9. The first-order valence-corrected chi connectivity index (χ1v) is 15.2. The van der Waals surface area contributed by atoms with E-state index in [-0.39, 0.29) is 42.1 Å². The van der Waals surface area contributed by atoms with Crippen LogP contribution in [0, 0.1) is 11.8 Å². The second-order valence-electron chi connectivity index (χ2n) is 10.9. The van der Waals surface area contributed by atoms with Crippen LogP contribution in [0.5, 0.6) is 5.75 Å². The van der Waals surface area contributed by atoms with Gasteiger partial charge in [0.2, 0.25) is 0 Å². The zero-order valence-electron chi connectivity index (χ0n) is 24.7. The summed E-state index contributed by atoms with van der Waals surface area (Å²) in [5.74, 6) is -0.600. The summed E-state index contributed by atoms with van der Waals surface area (Å²) in [6, 6.07) is 26.3. The van der Waals surface area contributed by atoms with Crippen LogP contribution >= 0.6 is 12.2 Å². The molecule has 0 amide bonds. The van der Waals surface area contributed by atoms with Gasteiger partial charge in [-0.1, -0.05) is 54.6 Å². The predicted molar refractivity (Wildman–Crippen MR) is 173 cm³/mol. The van der Waals surface area contributed by atoms with Crippen LogP contribution in [0.15, 0.2) is 104 Å². The third-order valence-corrected chi connectivity index (χ3v) is 8.17. The number of carbonyl (C=O) groups is 2. The molecule has 5 aromatic rings. The number of fused-ring (bicyclic) bond motifs is 1. The fourth-order valence-electron chi connectivity index (χ4n) is 5.66. The summed E-state index contributed by atoms with van der Waals surface area (Å²) < 4.78 is 25.6. The normalized spacial score (nSPS) is 19.2. The minimum atomic E-state index is -0.550. The molecule has 6 rings (SSSR count). The van der Waals surface area contributed by atoms with Gasteiger partial charge in [-0.2, -0.15) is 0 Å². The van der Waals surface area contributed by atoms with E-state index in [0.29, 0.717) is 40.9 Å². The molecule has 4 atom stereocenters. The van der Waals surface area contributed by atoms with Crippen LogP contribution in [-0.2, 0) is 14.2 Å². The molecule has 0 aliphatic heterocycles. The number of para-hydroxylation sites is 1.